The number of carbonyl (C=O) groups excluding carboxylic acids is 1. The van der Waals surface area contributed by atoms with Gasteiger partial charge in [-0.3, -0.25) is 4.79 Å². The van der Waals surface area contributed by atoms with Crippen LogP contribution in [0.2, 0.25) is 0 Å². The molecule has 1 heterocycles. The maximum absolute atomic E-state index is 11.9. The lowest BCUT2D eigenvalue weighted by Crippen LogP contribution is -2.38. The van der Waals surface area contributed by atoms with Gasteiger partial charge in [0.15, 0.2) is 0 Å². The van der Waals surface area contributed by atoms with Crippen molar-refractivity contribution in [1.29, 1.82) is 5.26 Å². The van der Waals surface area contributed by atoms with Crippen LogP contribution in [-0.4, -0.2) is 17.6 Å². The van der Waals surface area contributed by atoms with Crippen LogP contribution in [0.25, 0.3) is 0 Å². The summed E-state index contributed by atoms with van der Waals surface area (Å²) in [6.45, 7) is 3.49. The summed E-state index contributed by atoms with van der Waals surface area (Å²) in [7, 11) is 0. The lowest BCUT2D eigenvalue weighted by atomic mass is 10.0. The van der Waals surface area contributed by atoms with E-state index < -0.39 is 5.60 Å². The van der Waals surface area contributed by atoms with E-state index in [9.17, 15) is 9.90 Å². The summed E-state index contributed by atoms with van der Waals surface area (Å²) in [5.41, 5.74) is 0.355. The zero-order valence-electron chi connectivity index (χ0n) is 13.3. The average Bonchev–Trinajstić information content (AvgIpc) is 2.99. The molecule has 0 saturated heterocycles. The molecule has 5 nitrogen and oxygen atoms in total. The van der Waals surface area contributed by atoms with Crippen molar-refractivity contribution in [3.8, 4) is 6.07 Å². The van der Waals surface area contributed by atoms with E-state index in [1.807, 2.05) is 12.1 Å². The number of nitriles is 1. The van der Waals surface area contributed by atoms with E-state index >= 15 is 0 Å². The number of aliphatic hydroxyl groups is 1. The van der Waals surface area contributed by atoms with Crippen LogP contribution in [0.1, 0.15) is 36.0 Å². The fraction of sp³-hybridized carbons (Fsp3) is 0.333. The molecule has 0 fully saturated rings. The van der Waals surface area contributed by atoms with Crippen molar-refractivity contribution in [2.45, 2.75) is 32.3 Å². The molecule has 0 aliphatic heterocycles. The normalized spacial score (nSPS) is 13.1. The van der Waals surface area contributed by atoms with Crippen LogP contribution in [0.15, 0.2) is 40.8 Å². The summed E-state index contributed by atoms with van der Waals surface area (Å²) in [5, 5.41) is 21.8. The molecule has 0 aliphatic rings. The molecule has 120 valence electrons. The van der Waals surface area contributed by atoms with E-state index in [4.69, 9.17) is 9.68 Å². The summed E-state index contributed by atoms with van der Waals surface area (Å²) in [6.07, 6.45) is 0.901. The molecule has 0 saturated carbocycles. The van der Waals surface area contributed by atoms with Gasteiger partial charge >= 0.3 is 0 Å². The number of carbonyl (C=O) groups is 1. The molecule has 0 spiro atoms. The second-order valence-corrected chi connectivity index (χ2v) is 5.77. The average molecular weight is 312 g/mol. The van der Waals surface area contributed by atoms with Gasteiger partial charge in [0.2, 0.25) is 5.91 Å². The number of nitrogens with zero attached hydrogens (tertiary/aromatic N) is 1. The van der Waals surface area contributed by atoms with Crippen molar-refractivity contribution in [3.05, 3.63) is 59.0 Å². The summed E-state index contributed by atoms with van der Waals surface area (Å²) in [5.74, 6) is 1.01. The second kappa shape index (κ2) is 7.12. The Morgan fingerprint density at radius 3 is 2.57 bits per heavy atom. The molecule has 2 rings (SSSR count). The van der Waals surface area contributed by atoms with Crippen molar-refractivity contribution in [1.82, 2.24) is 5.32 Å². The van der Waals surface area contributed by atoms with Gasteiger partial charge in [0.05, 0.1) is 18.2 Å². The smallest absolute Gasteiger partial charge is 0.220 e. The second-order valence-electron chi connectivity index (χ2n) is 5.77. The highest BCUT2D eigenvalue weighted by Gasteiger charge is 2.27. The van der Waals surface area contributed by atoms with E-state index in [1.54, 1.807) is 38.1 Å². The van der Waals surface area contributed by atoms with Crippen LogP contribution in [0, 0.1) is 18.3 Å². The Balaban J connectivity index is 1.81. The van der Waals surface area contributed by atoms with E-state index in [0.29, 0.717) is 29.9 Å². The third kappa shape index (κ3) is 4.70. The van der Waals surface area contributed by atoms with Gasteiger partial charge in [0, 0.05) is 6.42 Å². The number of nitrogens with one attached hydrogen (secondary N) is 1. The van der Waals surface area contributed by atoms with Crippen molar-refractivity contribution >= 4 is 5.91 Å². The van der Waals surface area contributed by atoms with Crippen LogP contribution in [0.4, 0.5) is 0 Å². The molecular weight excluding hydrogens is 292 g/mol. The van der Waals surface area contributed by atoms with Crippen LogP contribution < -0.4 is 5.32 Å². The highest BCUT2D eigenvalue weighted by atomic mass is 16.4. The largest absolute Gasteiger partial charge is 0.463 e. The minimum absolute atomic E-state index is 0.0894. The molecule has 1 unspecified atom stereocenters. The first-order valence-corrected chi connectivity index (χ1v) is 7.46. The molecule has 0 radical (unpaired) electrons. The Labute approximate surface area is 135 Å². The summed E-state index contributed by atoms with van der Waals surface area (Å²) < 4.78 is 5.40. The number of aryl methyl sites for hydroxylation is 2. The predicted molar refractivity (Wildman–Crippen MR) is 85.5 cm³/mol. The van der Waals surface area contributed by atoms with Gasteiger partial charge in [-0.05, 0) is 50.1 Å². The number of benzene rings is 1. The van der Waals surface area contributed by atoms with Gasteiger partial charge in [0.25, 0.3) is 0 Å². The highest BCUT2D eigenvalue weighted by molar-refractivity contribution is 5.76. The summed E-state index contributed by atoms with van der Waals surface area (Å²) >= 11 is 0. The predicted octanol–water partition coefficient (Wildman–Crippen LogP) is 2.42. The molecule has 2 N–H and O–H groups in total. The van der Waals surface area contributed by atoms with Gasteiger partial charge in [-0.1, -0.05) is 12.1 Å². The fourth-order valence-electron chi connectivity index (χ4n) is 2.17. The summed E-state index contributed by atoms with van der Waals surface area (Å²) in [6, 6.07) is 12.7. The van der Waals surface area contributed by atoms with Gasteiger partial charge in [0.1, 0.15) is 17.1 Å². The van der Waals surface area contributed by atoms with E-state index in [-0.39, 0.29) is 12.5 Å². The molecule has 5 heteroatoms. The monoisotopic (exact) mass is 312 g/mol. The first-order valence-electron chi connectivity index (χ1n) is 7.46. The van der Waals surface area contributed by atoms with Gasteiger partial charge in [-0.15, -0.1) is 0 Å². The SMILES string of the molecule is Cc1ccc(C(C)(O)CNC(=O)CCc2ccc(C#N)cc2)o1. The Bertz CT molecular complexity index is 709. The maximum atomic E-state index is 11.9. The molecule has 2 aromatic rings. The van der Waals surface area contributed by atoms with E-state index in [1.165, 1.54) is 0 Å². The van der Waals surface area contributed by atoms with Crippen molar-refractivity contribution in [2.24, 2.45) is 0 Å². The maximum Gasteiger partial charge on any atom is 0.220 e. The van der Waals surface area contributed by atoms with Gasteiger partial charge < -0.3 is 14.8 Å². The molecule has 0 aliphatic carbocycles. The first-order chi connectivity index (χ1) is 10.9. The van der Waals surface area contributed by atoms with E-state index in [0.717, 1.165) is 5.56 Å². The molecule has 0 bridgehead atoms. The fourth-order valence-corrected chi connectivity index (χ4v) is 2.17. The number of rotatable bonds is 6. The molecule has 1 atom stereocenters. The Morgan fingerprint density at radius 2 is 2.00 bits per heavy atom. The number of amides is 1. The number of hydrogen-bond donors (Lipinski definition) is 2. The zero-order chi connectivity index (χ0) is 16.9. The Kier molecular flexibility index (Phi) is 5.20. The van der Waals surface area contributed by atoms with Gasteiger partial charge in [-0.2, -0.15) is 5.26 Å². The molecule has 1 aromatic heterocycles. The van der Waals surface area contributed by atoms with Crippen LogP contribution in [0.3, 0.4) is 0 Å². The molecular formula is C18H20N2O3. The zero-order valence-corrected chi connectivity index (χ0v) is 13.3. The highest BCUT2D eigenvalue weighted by Crippen LogP contribution is 2.21. The lowest BCUT2D eigenvalue weighted by Gasteiger charge is -2.21. The third-order valence-electron chi connectivity index (χ3n) is 3.62. The molecule has 1 amide bonds. The van der Waals surface area contributed by atoms with Crippen molar-refractivity contribution in [2.75, 3.05) is 6.54 Å². The first kappa shape index (κ1) is 16.8. The van der Waals surface area contributed by atoms with Crippen LogP contribution in [-0.2, 0) is 16.8 Å². The van der Waals surface area contributed by atoms with Crippen molar-refractivity contribution < 1.29 is 14.3 Å². The third-order valence-corrected chi connectivity index (χ3v) is 3.62. The van der Waals surface area contributed by atoms with E-state index in [2.05, 4.69) is 11.4 Å². The molecule has 23 heavy (non-hydrogen) atoms. The number of furan rings is 1. The van der Waals surface area contributed by atoms with Crippen molar-refractivity contribution in [3.63, 3.8) is 0 Å². The van der Waals surface area contributed by atoms with Gasteiger partial charge in [-0.25, -0.2) is 0 Å². The Hall–Kier alpha value is -2.58. The topological polar surface area (TPSA) is 86.3 Å². The Morgan fingerprint density at radius 1 is 1.30 bits per heavy atom. The minimum Gasteiger partial charge on any atom is -0.463 e. The number of hydrogen-bond acceptors (Lipinski definition) is 4. The summed E-state index contributed by atoms with van der Waals surface area (Å²) in [4.78, 5) is 11.9. The molecule has 1 aromatic carbocycles. The minimum atomic E-state index is -1.24. The lowest BCUT2D eigenvalue weighted by molar-refractivity contribution is -0.122. The van der Waals surface area contributed by atoms with Crippen LogP contribution >= 0.6 is 0 Å². The van der Waals surface area contributed by atoms with Crippen LogP contribution in [0.5, 0.6) is 0 Å². The standard InChI is InChI=1S/C18H20N2O3/c1-13-3-9-16(23-13)18(2,22)12-20-17(21)10-8-14-4-6-15(11-19)7-5-14/h3-7,9,22H,8,10,12H2,1-2H3,(H,20,21). The quantitative estimate of drug-likeness (QED) is 0.857.